The average Bonchev–Trinajstić information content (AvgIpc) is 2.31. The average molecular weight is 167 g/mol. The molecule has 12 heavy (non-hydrogen) atoms. The van der Waals surface area contributed by atoms with E-state index in [-0.39, 0.29) is 5.54 Å². The SMILES string of the molecule is CCn1ccnc1NC(C)(C)C. The Morgan fingerprint density at radius 3 is 2.67 bits per heavy atom. The lowest BCUT2D eigenvalue weighted by atomic mass is 10.1. The summed E-state index contributed by atoms with van der Waals surface area (Å²) in [6.07, 6.45) is 3.80. The summed E-state index contributed by atoms with van der Waals surface area (Å²) in [5.41, 5.74) is 0.0816. The molecule has 3 heteroatoms. The lowest BCUT2D eigenvalue weighted by molar-refractivity contribution is 0.613. The van der Waals surface area contributed by atoms with E-state index in [1.165, 1.54) is 0 Å². The van der Waals surface area contributed by atoms with Crippen molar-refractivity contribution in [2.45, 2.75) is 39.8 Å². The number of hydrogen-bond donors (Lipinski definition) is 1. The summed E-state index contributed by atoms with van der Waals surface area (Å²) in [6.45, 7) is 9.44. The van der Waals surface area contributed by atoms with Crippen LogP contribution in [0, 0.1) is 0 Å². The van der Waals surface area contributed by atoms with Crippen LogP contribution in [-0.2, 0) is 6.54 Å². The van der Waals surface area contributed by atoms with Gasteiger partial charge in [0.25, 0.3) is 0 Å². The van der Waals surface area contributed by atoms with Gasteiger partial charge in [-0.3, -0.25) is 0 Å². The van der Waals surface area contributed by atoms with Crippen LogP contribution in [0.5, 0.6) is 0 Å². The zero-order valence-corrected chi connectivity index (χ0v) is 8.26. The largest absolute Gasteiger partial charge is 0.351 e. The van der Waals surface area contributed by atoms with E-state index in [2.05, 4.69) is 42.6 Å². The highest BCUT2D eigenvalue weighted by atomic mass is 15.2. The molecule has 0 atom stereocenters. The van der Waals surface area contributed by atoms with Crippen molar-refractivity contribution in [1.29, 1.82) is 0 Å². The topological polar surface area (TPSA) is 29.9 Å². The molecule has 0 unspecified atom stereocenters. The second-order valence-corrected chi connectivity index (χ2v) is 3.91. The minimum atomic E-state index is 0.0816. The summed E-state index contributed by atoms with van der Waals surface area (Å²) < 4.78 is 2.09. The Balaban J connectivity index is 2.75. The first kappa shape index (κ1) is 9.10. The monoisotopic (exact) mass is 167 g/mol. The first-order chi connectivity index (χ1) is 5.53. The molecule has 1 rings (SSSR count). The summed E-state index contributed by atoms with van der Waals surface area (Å²) in [6, 6.07) is 0. The van der Waals surface area contributed by atoms with Gasteiger partial charge in [0.05, 0.1) is 0 Å². The van der Waals surface area contributed by atoms with Crippen molar-refractivity contribution >= 4 is 5.95 Å². The van der Waals surface area contributed by atoms with E-state index < -0.39 is 0 Å². The van der Waals surface area contributed by atoms with E-state index in [4.69, 9.17) is 0 Å². The maximum absolute atomic E-state index is 4.22. The Kier molecular flexibility index (Phi) is 2.40. The van der Waals surface area contributed by atoms with E-state index in [1.807, 2.05) is 12.4 Å². The van der Waals surface area contributed by atoms with Crippen molar-refractivity contribution in [3.8, 4) is 0 Å². The first-order valence-electron chi connectivity index (χ1n) is 4.32. The molecule has 0 fully saturated rings. The summed E-state index contributed by atoms with van der Waals surface area (Å²) in [7, 11) is 0. The number of anilines is 1. The fourth-order valence-electron chi connectivity index (χ4n) is 1.02. The van der Waals surface area contributed by atoms with Gasteiger partial charge in [-0.05, 0) is 27.7 Å². The number of nitrogens with zero attached hydrogens (tertiary/aromatic N) is 2. The van der Waals surface area contributed by atoms with Crippen LogP contribution in [0.1, 0.15) is 27.7 Å². The highest BCUT2D eigenvalue weighted by Gasteiger charge is 2.11. The van der Waals surface area contributed by atoms with Crippen LogP contribution >= 0.6 is 0 Å². The quantitative estimate of drug-likeness (QED) is 0.731. The Morgan fingerprint density at radius 1 is 1.50 bits per heavy atom. The predicted octanol–water partition coefficient (Wildman–Crippen LogP) is 2.11. The normalized spacial score (nSPS) is 11.7. The molecule has 0 aromatic carbocycles. The molecule has 0 aliphatic rings. The number of nitrogens with one attached hydrogen (secondary N) is 1. The fourth-order valence-corrected chi connectivity index (χ4v) is 1.02. The summed E-state index contributed by atoms with van der Waals surface area (Å²) >= 11 is 0. The lowest BCUT2D eigenvalue weighted by Crippen LogP contribution is -2.28. The number of aromatic nitrogens is 2. The number of aryl methyl sites for hydroxylation is 1. The van der Waals surface area contributed by atoms with Gasteiger partial charge in [-0.25, -0.2) is 4.98 Å². The van der Waals surface area contributed by atoms with Crippen molar-refractivity contribution < 1.29 is 0 Å². The van der Waals surface area contributed by atoms with Gasteiger partial charge in [0.15, 0.2) is 0 Å². The third-order valence-electron chi connectivity index (χ3n) is 1.54. The standard InChI is InChI=1S/C9H17N3/c1-5-12-7-6-10-8(12)11-9(2,3)4/h6-7H,5H2,1-4H3,(H,10,11). The molecule has 3 nitrogen and oxygen atoms in total. The molecular weight excluding hydrogens is 150 g/mol. The second kappa shape index (κ2) is 3.17. The first-order valence-corrected chi connectivity index (χ1v) is 4.32. The number of hydrogen-bond acceptors (Lipinski definition) is 2. The predicted molar refractivity (Wildman–Crippen MR) is 51.3 cm³/mol. The fraction of sp³-hybridized carbons (Fsp3) is 0.667. The van der Waals surface area contributed by atoms with Gasteiger partial charge in [-0.1, -0.05) is 0 Å². The summed E-state index contributed by atoms with van der Waals surface area (Å²) in [5.74, 6) is 0.949. The smallest absolute Gasteiger partial charge is 0.203 e. The highest BCUT2D eigenvalue weighted by Crippen LogP contribution is 2.11. The Morgan fingerprint density at radius 2 is 2.17 bits per heavy atom. The molecule has 68 valence electrons. The molecule has 1 heterocycles. The van der Waals surface area contributed by atoms with Crippen molar-refractivity contribution in [1.82, 2.24) is 9.55 Å². The Hall–Kier alpha value is -0.990. The van der Waals surface area contributed by atoms with Crippen LogP contribution in [-0.4, -0.2) is 15.1 Å². The van der Waals surface area contributed by atoms with E-state index in [1.54, 1.807) is 0 Å². The van der Waals surface area contributed by atoms with Gasteiger partial charge < -0.3 is 9.88 Å². The van der Waals surface area contributed by atoms with Crippen molar-refractivity contribution in [3.63, 3.8) is 0 Å². The zero-order valence-electron chi connectivity index (χ0n) is 8.26. The molecule has 0 aliphatic carbocycles. The lowest BCUT2D eigenvalue weighted by Gasteiger charge is -2.21. The molecule has 0 saturated heterocycles. The van der Waals surface area contributed by atoms with Crippen molar-refractivity contribution in [3.05, 3.63) is 12.4 Å². The molecule has 1 N–H and O–H groups in total. The third-order valence-corrected chi connectivity index (χ3v) is 1.54. The van der Waals surface area contributed by atoms with Crippen LogP contribution in [0.25, 0.3) is 0 Å². The number of rotatable bonds is 2. The molecule has 1 aromatic heterocycles. The molecule has 0 spiro atoms. The van der Waals surface area contributed by atoms with Gasteiger partial charge in [0.2, 0.25) is 5.95 Å². The van der Waals surface area contributed by atoms with E-state index in [0.717, 1.165) is 12.5 Å². The van der Waals surface area contributed by atoms with E-state index in [9.17, 15) is 0 Å². The van der Waals surface area contributed by atoms with Crippen molar-refractivity contribution in [2.24, 2.45) is 0 Å². The second-order valence-electron chi connectivity index (χ2n) is 3.91. The summed E-state index contributed by atoms with van der Waals surface area (Å²) in [5, 5.41) is 3.33. The molecule has 0 radical (unpaired) electrons. The van der Waals surface area contributed by atoms with Crippen LogP contribution in [0.3, 0.4) is 0 Å². The molecule has 0 saturated carbocycles. The number of imidazole rings is 1. The molecule has 0 bridgehead atoms. The maximum atomic E-state index is 4.22. The van der Waals surface area contributed by atoms with Crippen molar-refractivity contribution in [2.75, 3.05) is 5.32 Å². The maximum Gasteiger partial charge on any atom is 0.203 e. The Bertz CT molecular complexity index is 245. The van der Waals surface area contributed by atoms with Crippen LogP contribution in [0.2, 0.25) is 0 Å². The summed E-state index contributed by atoms with van der Waals surface area (Å²) in [4.78, 5) is 4.22. The Labute approximate surface area is 73.8 Å². The molecule has 1 aromatic rings. The minimum Gasteiger partial charge on any atom is -0.351 e. The molecular formula is C9H17N3. The van der Waals surface area contributed by atoms with Gasteiger partial charge in [-0.2, -0.15) is 0 Å². The van der Waals surface area contributed by atoms with Crippen LogP contribution in [0.4, 0.5) is 5.95 Å². The minimum absolute atomic E-state index is 0.0816. The molecule has 0 aliphatic heterocycles. The van der Waals surface area contributed by atoms with Crippen LogP contribution < -0.4 is 5.32 Å². The van der Waals surface area contributed by atoms with Crippen LogP contribution in [0.15, 0.2) is 12.4 Å². The molecule has 0 amide bonds. The highest BCUT2D eigenvalue weighted by molar-refractivity contribution is 5.29. The van der Waals surface area contributed by atoms with Gasteiger partial charge in [0.1, 0.15) is 0 Å². The van der Waals surface area contributed by atoms with Gasteiger partial charge in [-0.15, -0.1) is 0 Å². The van der Waals surface area contributed by atoms with E-state index >= 15 is 0 Å². The third kappa shape index (κ3) is 2.26. The zero-order chi connectivity index (χ0) is 9.19. The van der Waals surface area contributed by atoms with E-state index in [0.29, 0.717) is 0 Å². The van der Waals surface area contributed by atoms with Gasteiger partial charge >= 0.3 is 0 Å². The van der Waals surface area contributed by atoms with Gasteiger partial charge in [0, 0.05) is 24.5 Å².